The Morgan fingerprint density at radius 3 is 2.04 bits per heavy atom. The average Bonchev–Trinajstić information content (AvgIpc) is 2.64. The van der Waals surface area contributed by atoms with Crippen LogP contribution in [0.25, 0.3) is 0 Å². The van der Waals surface area contributed by atoms with Crippen LogP contribution in [0.3, 0.4) is 0 Å². The second-order valence-electron chi connectivity index (χ2n) is 5.03. The quantitative estimate of drug-likeness (QED) is 0.835. The molecule has 6 nitrogen and oxygen atoms in total. The van der Waals surface area contributed by atoms with E-state index in [0.29, 0.717) is 11.4 Å². The van der Waals surface area contributed by atoms with Crippen LogP contribution in [0.4, 0.5) is 11.4 Å². The number of allylic oxidation sites excluding steroid dienone is 2. The smallest absolute Gasteiger partial charge is 0.257 e. The van der Waals surface area contributed by atoms with Crippen molar-refractivity contribution < 1.29 is 4.79 Å². The number of nitrogens with zero attached hydrogens (tertiary/aromatic N) is 3. The molecule has 2 aromatic carbocycles. The van der Waals surface area contributed by atoms with Crippen LogP contribution < -0.4 is 10.6 Å². The molecule has 0 bridgehead atoms. The Morgan fingerprint density at radius 1 is 0.840 bits per heavy atom. The molecule has 0 aliphatic carbocycles. The molecule has 0 unspecified atom stereocenters. The van der Waals surface area contributed by atoms with Gasteiger partial charge in [0.1, 0.15) is 23.9 Å². The summed E-state index contributed by atoms with van der Waals surface area (Å²) in [5.74, 6) is -0.370. The third kappa shape index (κ3) is 4.01. The van der Waals surface area contributed by atoms with E-state index < -0.39 is 0 Å². The van der Waals surface area contributed by atoms with E-state index >= 15 is 0 Å². The van der Waals surface area contributed by atoms with Crippen molar-refractivity contribution in [3.63, 3.8) is 0 Å². The van der Waals surface area contributed by atoms with Gasteiger partial charge < -0.3 is 10.6 Å². The van der Waals surface area contributed by atoms with Crippen LogP contribution in [0.15, 0.2) is 59.8 Å². The number of rotatable bonds is 4. The minimum absolute atomic E-state index is 0.207. The van der Waals surface area contributed by atoms with Gasteiger partial charge in [-0.25, -0.2) is 0 Å². The Hall–Kier alpha value is -4.08. The first kappa shape index (κ1) is 17.3. The maximum absolute atomic E-state index is 12.6. The summed E-state index contributed by atoms with van der Waals surface area (Å²) in [6.45, 7) is 1.88. The molecule has 2 N–H and O–H groups in total. The van der Waals surface area contributed by atoms with E-state index in [0.717, 1.165) is 5.56 Å². The van der Waals surface area contributed by atoms with E-state index in [1.807, 2.05) is 25.1 Å². The summed E-state index contributed by atoms with van der Waals surface area (Å²) in [6, 6.07) is 19.0. The maximum atomic E-state index is 12.6. The Bertz CT molecular complexity index is 954. The molecule has 0 aromatic heterocycles. The topological polar surface area (TPSA) is 112 Å². The lowest BCUT2D eigenvalue weighted by Gasteiger charge is -2.12. The summed E-state index contributed by atoms with van der Waals surface area (Å²) < 4.78 is 0. The molecule has 120 valence electrons. The summed E-state index contributed by atoms with van der Waals surface area (Å²) in [6.07, 6.45) is 0. The number of anilines is 2. The maximum Gasteiger partial charge on any atom is 0.257 e. The van der Waals surface area contributed by atoms with E-state index in [2.05, 4.69) is 10.6 Å². The van der Waals surface area contributed by atoms with Crippen LogP contribution in [-0.2, 0) is 0 Å². The number of aryl methyl sites for hydroxylation is 1. The fourth-order valence-corrected chi connectivity index (χ4v) is 2.11. The molecule has 2 rings (SSSR count). The zero-order valence-electron chi connectivity index (χ0n) is 13.4. The molecule has 0 fully saturated rings. The minimum atomic E-state index is -0.370. The van der Waals surface area contributed by atoms with Crippen molar-refractivity contribution in [3.05, 3.63) is 70.9 Å². The van der Waals surface area contributed by atoms with Crippen molar-refractivity contribution in [1.29, 1.82) is 15.8 Å². The highest BCUT2D eigenvalue weighted by atomic mass is 16.1. The first-order chi connectivity index (χ1) is 12.1. The molecule has 0 aliphatic heterocycles. The number of hydrogen-bond donors (Lipinski definition) is 2. The number of carbonyl (C=O) groups is 1. The Kier molecular flexibility index (Phi) is 5.50. The van der Waals surface area contributed by atoms with Gasteiger partial charge >= 0.3 is 0 Å². The monoisotopic (exact) mass is 327 g/mol. The van der Waals surface area contributed by atoms with E-state index in [4.69, 9.17) is 15.8 Å². The predicted octanol–water partition coefficient (Wildman–Crippen LogP) is 3.48. The van der Waals surface area contributed by atoms with Crippen LogP contribution in [0.5, 0.6) is 0 Å². The molecule has 0 saturated heterocycles. The van der Waals surface area contributed by atoms with Gasteiger partial charge in [-0.3, -0.25) is 4.79 Å². The van der Waals surface area contributed by atoms with Crippen molar-refractivity contribution in [3.8, 4) is 18.2 Å². The van der Waals surface area contributed by atoms with Gasteiger partial charge in [0.25, 0.3) is 5.91 Å². The largest absolute Gasteiger partial charge is 0.344 e. The standard InChI is InChI=1S/C19H13N5O/c1-13-6-2-4-8-16(13)24-19(25)15-7-3-5-9-17(15)23-18(12-22)14(10-20)11-21/h2-9,23H,1H3,(H,24,25). The van der Waals surface area contributed by atoms with Gasteiger partial charge in [0.15, 0.2) is 5.57 Å². The van der Waals surface area contributed by atoms with Gasteiger partial charge in [-0.1, -0.05) is 30.3 Å². The normalized spacial score (nSPS) is 9.04. The van der Waals surface area contributed by atoms with Crippen molar-refractivity contribution >= 4 is 17.3 Å². The van der Waals surface area contributed by atoms with Gasteiger partial charge in [-0.2, -0.15) is 15.8 Å². The summed E-state index contributed by atoms with van der Waals surface area (Å²) >= 11 is 0. The molecule has 0 spiro atoms. The van der Waals surface area contributed by atoms with Crippen LogP contribution in [-0.4, -0.2) is 5.91 Å². The molecular weight excluding hydrogens is 314 g/mol. The lowest BCUT2D eigenvalue weighted by Crippen LogP contribution is -2.15. The second kappa shape index (κ2) is 7.97. The Labute approximate surface area is 145 Å². The Morgan fingerprint density at radius 2 is 1.44 bits per heavy atom. The summed E-state index contributed by atoms with van der Waals surface area (Å²) in [7, 11) is 0. The lowest BCUT2D eigenvalue weighted by molar-refractivity contribution is 0.102. The molecule has 1 amide bonds. The lowest BCUT2D eigenvalue weighted by atomic mass is 10.1. The highest BCUT2D eigenvalue weighted by Gasteiger charge is 2.14. The van der Waals surface area contributed by atoms with Gasteiger partial charge in [0.2, 0.25) is 0 Å². The zero-order valence-corrected chi connectivity index (χ0v) is 13.4. The van der Waals surface area contributed by atoms with Gasteiger partial charge in [0, 0.05) is 5.69 Å². The molecule has 0 heterocycles. The number of benzene rings is 2. The summed E-state index contributed by atoms with van der Waals surface area (Å²) in [5.41, 5.74) is 1.64. The van der Waals surface area contributed by atoms with Crippen molar-refractivity contribution in [2.24, 2.45) is 0 Å². The van der Waals surface area contributed by atoms with E-state index in [9.17, 15) is 4.79 Å². The first-order valence-corrected chi connectivity index (χ1v) is 7.28. The summed E-state index contributed by atoms with van der Waals surface area (Å²) in [5, 5.41) is 32.5. The number of hydrogen-bond acceptors (Lipinski definition) is 5. The molecule has 2 aromatic rings. The first-order valence-electron chi connectivity index (χ1n) is 7.28. The van der Waals surface area contributed by atoms with Crippen LogP contribution in [0.1, 0.15) is 15.9 Å². The third-order valence-electron chi connectivity index (χ3n) is 3.41. The molecule has 0 atom stereocenters. The number of amides is 1. The third-order valence-corrected chi connectivity index (χ3v) is 3.41. The fourth-order valence-electron chi connectivity index (χ4n) is 2.11. The van der Waals surface area contributed by atoms with E-state index in [1.54, 1.807) is 48.5 Å². The number of para-hydroxylation sites is 2. The molecular formula is C19H13N5O. The molecule has 0 saturated carbocycles. The SMILES string of the molecule is Cc1ccccc1NC(=O)c1ccccc1NC(C#N)=C(C#N)C#N. The molecule has 0 radical (unpaired) electrons. The second-order valence-corrected chi connectivity index (χ2v) is 5.03. The zero-order chi connectivity index (χ0) is 18.2. The molecule has 25 heavy (non-hydrogen) atoms. The molecule has 0 aliphatic rings. The number of nitriles is 3. The highest BCUT2D eigenvalue weighted by Crippen LogP contribution is 2.21. The van der Waals surface area contributed by atoms with E-state index in [-0.39, 0.29) is 22.7 Å². The molecule has 6 heteroatoms. The van der Waals surface area contributed by atoms with Gasteiger partial charge in [0.05, 0.1) is 11.3 Å². The Balaban J connectivity index is 2.36. The van der Waals surface area contributed by atoms with E-state index in [1.165, 1.54) is 0 Å². The van der Waals surface area contributed by atoms with Crippen molar-refractivity contribution in [1.82, 2.24) is 0 Å². The van der Waals surface area contributed by atoms with Crippen LogP contribution in [0.2, 0.25) is 0 Å². The van der Waals surface area contributed by atoms with Gasteiger partial charge in [-0.05, 0) is 30.7 Å². The van der Waals surface area contributed by atoms with Crippen LogP contribution >= 0.6 is 0 Å². The predicted molar refractivity (Wildman–Crippen MR) is 93.1 cm³/mol. The van der Waals surface area contributed by atoms with Crippen molar-refractivity contribution in [2.45, 2.75) is 6.92 Å². The van der Waals surface area contributed by atoms with Crippen molar-refractivity contribution in [2.75, 3.05) is 10.6 Å². The highest BCUT2D eigenvalue weighted by molar-refractivity contribution is 6.08. The summed E-state index contributed by atoms with van der Waals surface area (Å²) in [4.78, 5) is 12.6. The number of carbonyl (C=O) groups excluding carboxylic acids is 1. The van der Waals surface area contributed by atoms with Crippen LogP contribution in [0, 0.1) is 40.9 Å². The number of nitrogens with one attached hydrogen (secondary N) is 2. The minimum Gasteiger partial charge on any atom is -0.344 e. The fraction of sp³-hybridized carbons (Fsp3) is 0.0526. The van der Waals surface area contributed by atoms with Gasteiger partial charge in [-0.15, -0.1) is 0 Å². The average molecular weight is 327 g/mol.